The SMILES string of the molecule is O=S(=O)(Cc1ccccc1)Oc1ncccn1. The van der Waals surface area contributed by atoms with Crippen molar-refractivity contribution in [1.82, 2.24) is 9.97 Å². The zero-order valence-corrected chi connectivity index (χ0v) is 9.67. The maximum absolute atomic E-state index is 11.7. The monoisotopic (exact) mass is 250 g/mol. The van der Waals surface area contributed by atoms with Gasteiger partial charge < -0.3 is 4.18 Å². The van der Waals surface area contributed by atoms with Gasteiger partial charge in [-0.05, 0) is 11.6 Å². The molecule has 0 saturated carbocycles. The second-order valence-corrected chi connectivity index (χ2v) is 4.87. The number of hydrogen-bond acceptors (Lipinski definition) is 5. The van der Waals surface area contributed by atoms with Gasteiger partial charge in [-0.3, -0.25) is 0 Å². The molecular weight excluding hydrogens is 240 g/mol. The van der Waals surface area contributed by atoms with Gasteiger partial charge >= 0.3 is 16.1 Å². The lowest BCUT2D eigenvalue weighted by Gasteiger charge is -2.04. The van der Waals surface area contributed by atoms with Crippen LogP contribution in [0.5, 0.6) is 6.01 Å². The lowest BCUT2D eigenvalue weighted by atomic mass is 10.2. The summed E-state index contributed by atoms with van der Waals surface area (Å²) in [6.45, 7) is 0. The highest BCUT2D eigenvalue weighted by atomic mass is 32.2. The smallest absolute Gasteiger partial charge is 0.332 e. The van der Waals surface area contributed by atoms with Gasteiger partial charge in [-0.25, -0.2) is 9.97 Å². The van der Waals surface area contributed by atoms with Crippen LogP contribution in [0.25, 0.3) is 0 Å². The normalized spacial score (nSPS) is 11.1. The van der Waals surface area contributed by atoms with E-state index in [4.69, 9.17) is 4.18 Å². The molecule has 0 unspecified atom stereocenters. The number of rotatable bonds is 4. The van der Waals surface area contributed by atoms with E-state index in [9.17, 15) is 8.42 Å². The Bertz CT molecular complexity index is 523. The van der Waals surface area contributed by atoms with E-state index in [-0.39, 0.29) is 11.8 Å². The van der Waals surface area contributed by atoms with Crippen molar-refractivity contribution in [2.45, 2.75) is 5.75 Å². The maximum Gasteiger partial charge on any atom is 0.332 e. The van der Waals surface area contributed by atoms with E-state index < -0.39 is 10.1 Å². The summed E-state index contributed by atoms with van der Waals surface area (Å²) < 4.78 is 28.1. The topological polar surface area (TPSA) is 69.2 Å². The van der Waals surface area contributed by atoms with Crippen LogP contribution in [0, 0.1) is 0 Å². The quantitative estimate of drug-likeness (QED) is 0.767. The molecular formula is C11H10N2O3S. The highest BCUT2D eigenvalue weighted by Gasteiger charge is 2.15. The van der Waals surface area contributed by atoms with Crippen LogP contribution >= 0.6 is 0 Å². The van der Waals surface area contributed by atoms with Gasteiger partial charge in [-0.1, -0.05) is 30.3 Å². The second kappa shape index (κ2) is 4.92. The first-order valence-electron chi connectivity index (χ1n) is 4.89. The molecule has 0 amide bonds. The Balaban J connectivity index is 2.11. The predicted molar refractivity (Wildman–Crippen MR) is 61.7 cm³/mol. The lowest BCUT2D eigenvalue weighted by Crippen LogP contribution is -2.13. The van der Waals surface area contributed by atoms with Crippen LogP contribution in [0.15, 0.2) is 48.8 Å². The van der Waals surface area contributed by atoms with Gasteiger partial charge in [0.15, 0.2) is 0 Å². The molecule has 6 heteroatoms. The second-order valence-electron chi connectivity index (χ2n) is 3.30. The molecule has 0 saturated heterocycles. The Morgan fingerprint density at radius 2 is 1.65 bits per heavy atom. The third-order valence-electron chi connectivity index (χ3n) is 1.93. The summed E-state index contributed by atoms with van der Waals surface area (Å²) in [5.41, 5.74) is 0.656. The molecule has 0 radical (unpaired) electrons. The van der Waals surface area contributed by atoms with Crippen LogP contribution < -0.4 is 4.18 Å². The Morgan fingerprint density at radius 3 is 2.29 bits per heavy atom. The molecule has 0 aliphatic heterocycles. The first kappa shape index (κ1) is 11.5. The number of aromatic nitrogens is 2. The van der Waals surface area contributed by atoms with Crippen LogP contribution in [0.3, 0.4) is 0 Å². The van der Waals surface area contributed by atoms with Gasteiger partial charge in [-0.15, -0.1) is 0 Å². The van der Waals surface area contributed by atoms with Crippen molar-refractivity contribution in [3.8, 4) is 6.01 Å². The molecule has 88 valence electrons. The fourth-order valence-corrected chi connectivity index (χ4v) is 2.22. The summed E-state index contributed by atoms with van der Waals surface area (Å²) >= 11 is 0. The number of hydrogen-bond donors (Lipinski definition) is 0. The van der Waals surface area contributed by atoms with E-state index >= 15 is 0 Å². The number of benzene rings is 1. The van der Waals surface area contributed by atoms with Crippen molar-refractivity contribution in [1.29, 1.82) is 0 Å². The molecule has 0 fully saturated rings. The zero-order chi connectivity index (χ0) is 12.1. The Kier molecular flexibility index (Phi) is 3.34. The van der Waals surface area contributed by atoms with Crippen LogP contribution in [0.4, 0.5) is 0 Å². The zero-order valence-electron chi connectivity index (χ0n) is 8.85. The summed E-state index contributed by atoms with van der Waals surface area (Å²) in [6.07, 6.45) is 2.83. The van der Waals surface area contributed by atoms with Gasteiger partial charge in [0.2, 0.25) is 0 Å². The summed E-state index contributed by atoms with van der Waals surface area (Å²) in [5.74, 6) is -0.202. The van der Waals surface area contributed by atoms with E-state index in [1.165, 1.54) is 12.4 Å². The van der Waals surface area contributed by atoms with Crippen molar-refractivity contribution in [2.24, 2.45) is 0 Å². The van der Waals surface area contributed by atoms with Gasteiger partial charge in [0.1, 0.15) is 5.75 Å². The molecule has 0 N–H and O–H groups in total. The summed E-state index contributed by atoms with van der Waals surface area (Å²) in [4.78, 5) is 7.39. The first-order valence-corrected chi connectivity index (χ1v) is 6.46. The van der Waals surface area contributed by atoms with Crippen molar-refractivity contribution in [2.75, 3.05) is 0 Å². The molecule has 1 aromatic carbocycles. The molecule has 2 rings (SSSR count). The largest absolute Gasteiger partial charge is 0.343 e. The molecule has 0 bridgehead atoms. The molecule has 1 aromatic heterocycles. The van der Waals surface area contributed by atoms with Crippen molar-refractivity contribution >= 4 is 10.1 Å². The molecule has 0 spiro atoms. The Labute approximate surface area is 99.2 Å². The highest BCUT2D eigenvalue weighted by molar-refractivity contribution is 7.86. The van der Waals surface area contributed by atoms with Crippen LogP contribution in [0.1, 0.15) is 5.56 Å². The van der Waals surface area contributed by atoms with Gasteiger partial charge in [0, 0.05) is 12.4 Å². The lowest BCUT2D eigenvalue weighted by molar-refractivity contribution is 0.463. The molecule has 17 heavy (non-hydrogen) atoms. The minimum Gasteiger partial charge on any atom is -0.343 e. The maximum atomic E-state index is 11.7. The van der Waals surface area contributed by atoms with Gasteiger partial charge in [0.05, 0.1) is 0 Å². The summed E-state index contributed by atoms with van der Waals surface area (Å²) in [7, 11) is -3.71. The molecule has 0 aliphatic carbocycles. The minimum absolute atomic E-state index is 0.163. The van der Waals surface area contributed by atoms with Gasteiger partial charge in [0.25, 0.3) is 0 Å². The van der Waals surface area contributed by atoms with E-state index in [1.807, 2.05) is 6.07 Å². The highest BCUT2D eigenvalue weighted by Crippen LogP contribution is 2.09. The standard InChI is InChI=1S/C11H10N2O3S/c14-17(15,9-10-5-2-1-3-6-10)16-11-12-7-4-8-13-11/h1-8H,9H2. The fraction of sp³-hybridized carbons (Fsp3) is 0.0909. The average Bonchev–Trinajstić information content (AvgIpc) is 2.30. The third kappa shape index (κ3) is 3.53. The van der Waals surface area contributed by atoms with E-state index in [2.05, 4.69) is 9.97 Å². The molecule has 1 heterocycles. The average molecular weight is 250 g/mol. The first-order chi connectivity index (χ1) is 8.16. The molecule has 0 atom stereocenters. The third-order valence-corrected chi connectivity index (χ3v) is 3.02. The van der Waals surface area contributed by atoms with E-state index in [0.29, 0.717) is 5.56 Å². The van der Waals surface area contributed by atoms with E-state index in [0.717, 1.165) is 0 Å². The van der Waals surface area contributed by atoms with Crippen molar-refractivity contribution < 1.29 is 12.6 Å². The minimum atomic E-state index is -3.71. The Hall–Kier alpha value is -1.95. The number of nitrogens with zero attached hydrogens (tertiary/aromatic N) is 2. The van der Waals surface area contributed by atoms with E-state index in [1.54, 1.807) is 30.3 Å². The molecule has 5 nitrogen and oxygen atoms in total. The van der Waals surface area contributed by atoms with Crippen LogP contribution in [-0.2, 0) is 15.9 Å². The molecule has 0 aliphatic rings. The fourth-order valence-electron chi connectivity index (χ4n) is 1.25. The van der Waals surface area contributed by atoms with Crippen molar-refractivity contribution in [3.63, 3.8) is 0 Å². The predicted octanol–water partition coefficient (Wildman–Crippen LogP) is 1.39. The molecule has 2 aromatic rings. The van der Waals surface area contributed by atoms with Crippen LogP contribution in [-0.4, -0.2) is 18.4 Å². The van der Waals surface area contributed by atoms with Gasteiger partial charge in [-0.2, -0.15) is 8.42 Å². The Morgan fingerprint density at radius 1 is 1.00 bits per heavy atom. The summed E-state index contributed by atoms with van der Waals surface area (Å²) in [5, 5.41) is 0. The summed E-state index contributed by atoms with van der Waals surface area (Å²) in [6, 6.07) is 10.2. The van der Waals surface area contributed by atoms with Crippen LogP contribution in [0.2, 0.25) is 0 Å². The van der Waals surface area contributed by atoms with Crippen molar-refractivity contribution in [3.05, 3.63) is 54.4 Å².